The molecular weight excluding hydrogens is 376 g/mol. The molecule has 0 aliphatic carbocycles. The van der Waals surface area contributed by atoms with Gasteiger partial charge in [-0.15, -0.1) is 0 Å². The Morgan fingerprint density at radius 1 is 1.03 bits per heavy atom. The number of ether oxygens (including phenoxy) is 3. The Morgan fingerprint density at radius 2 is 1.79 bits per heavy atom. The van der Waals surface area contributed by atoms with Crippen molar-refractivity contribution < 1.29 is 28.6 Å². The molecule has 8 nitrogen and oxygen atoms in total. The van der Waals surface area contributed by atoms with E-state index in [1.54, 1.807) is 42.5 Å². The first-order valence-electron chi connectivity index (χ1n) is 9.32. The number of anilines is 2. The number of carbonyl (C=O) groups is 3. The Bertz CT molecular complexity index is 1050. The summed E-state index contributed by atoms with van der Waals surface area (Å²) in [5.41, 5.74) is -0.392. The highest BCUT2D eigenvalue weighted by Crippen LogP contribution is 2.48. The average molecular weight is 394 g/mol. The summed E-state index contributed by atoms with van der Waals surface area (Å²) >= 11 is 0. The van der Waals surface area contributed by atoms with Gasteiger partial charge in [0.1, 0.15) is 13.2 Å². The summed E-state index contributed by atoms with van der Waals surface area (Å²) in [6, 6.07) is 11.8. The first-order valence-corrected chi connectivity index (χ1v) is 9.32. The summed E-state index contributed by atoms with van der Waals surface area (Å²) in [4.78, 5) is 42.2. The van der Waals surface area contributed by atoms with Crippen LogP contribution in [-0.4, -0.2) is 43.8 Å². The normalized spacial score (nSPS) is 22.2. The van der Waals surface area contributed by atoms with Gasteiger partial charge < -0.3 is 14.2 Å². The predicted molar refractivity (Wildman–Crippen MR) is 102 cm³/mol. The minimum atomic E-state index is -1.58. The molecule has 0 unspecified atom stereocenters. The fourth-order valence-corrected chi connectivity index (χ4v) is 4.34. The van der Waals surface area contributed by atoms with Crippen molar-refractivity contribution in [3.8, 4) is 11.5 Å². The molecule has 0 spiro atoms. The molecule has 0 saturated carbocycles. The zero-order valence-corrected chi connectivity index (χ0v) is 15.7. The fourth-order valence-electron chi connectivity index (χ4n) is 4.34. The lowest BCUT2D eigenvalue weighted by Crippen LogP contribution is -2.68. The van der Waals surface area contributed by atoms with E-state index < -0.39 is 11.6 Å². The maximum atomic E-state index is 13.6. The molecule has 1 atom stereocenters. The van der Waals surface area contributed by atoms with E-state index in [-0.39, 0.29) is 24.7 Å². The van der Waals surface area contributed by atoms with Crippen LogP contribution < -0.4 is 19.3 Å². The molecule has 3 aliphatic heterocycles. The molecule has 0 bridgehead atoms. The van der Waals surface area contributed by atoms with Crippen molar-refractivity contribution in [1.82, 2.24) is 0 Å². The lowest BCUT2D eigenvalue weighted by molar-refractivity contribution is -0.147. The molecule has 0 radical (unpaired) electrons. The molecule has 3 aliphatic rings. The fraction of sp³-hybridized carbons (Fsp3) is 0.286. The molecule has 148 valence electrons. The third-order valence-electron chi connectivity index (χ3n) is 5.55. The van der Waals surface area contributed by atoms with E-state index in [0.717, 1.165) is 0 Å². The van der Waals surface area contributed by atoms with E-state index in [1.165, 1.54) is 16.9 Å². The zero-order chi connectivity index (χ0) is 20.2. The Morgan fingerprint density at radius 3 is 2.59 bits per heavy atom. The molecule has 3 heterocycles. The number of esters is 1. The molecule has 1 saturated heterocycles. The summed E-state index contributed by atoms with van der Waals surface area (Å²) < 4.78 is 16.3. The summed E-state index contributed by atoms with van der Waals surface area (Å²) in [6.07, 6.45) is 0.255. The van der Waals surface area contributed by atoms with Gasteiger partial charge in [0.2, 0.25) is 11.6 Å². The van der Waals surface area contributed by atoms with Crippen LogP contribution in [0.5, 0.6) is 11.5 Å². The average Bonchev–Trinajstić information content (AvgIpc) is 3.11. The zero-order valence-electron chi connectivity index (χ0n) is 15.7. The second-order valence-electron chi connectivity index (χ2n) is 7.02. The number of fused-ring (bicyclic) bond motifs is 4. The van der Waals surface area contributed by atoms with Gasteiger partial charge in [-0.2, -0.15) is 0 Å². The molecule has 29 heavy (non-hydrogen) atoms. The van der Waals surface area contributed by atoms with E-state index in [4.69, 9.17) is 14.2 Å². The van der Waals surface area contributed by atoms with Crippen LogP contribution in [0.25, 0.3) is 0 Å². The Balaban J connectivity index is 1.76. The van der Waals surface area contributed by atoms with Gasteiger partial charge in [0, 0.05) is 18.9 Å². The highest BCUT2D eigenvalue weighted by Gasteiger charge is 2.62. The van der Waals surface area contributed by atoms with Gasteiger partial charge >= 0.3 is 5.97 Å². The highest BCUT2D eigenvalue weighted by atomic mass is 16.6. The topological polar surface area (TPSA) is 85.4 Å². The summed E-state index contributed by atoms with van der Waals surface area (Å²) in [5, 5.41) is 0. The number of rotatable bonds is 2. The van der Waals surface area contributed by atoms with Crippen molar-refractivity contribution in [3.63, 3.8) is 0 Å². The quantitative estimate of drug-likeness (QED) is 0.726. The number of nitrogens with zero attached hydrogens (tertiary/aromatic N) is 2. The second-order valence-corrected chi connectivity index (χ2v) is 7.02. The maximum absolute atomic E-state index is 13.6. The molecule has 0 aromatic heterocycles. The van der Waals surface area contributed by atoms with Crippen molar-refractivity contribution in [2.24, 2.45) is 0 Å². The molecule has 2 aromatic carbocycles. The highest BCUT2D eigenvalue weighted by molar-refractivity contribution is 6.23. The smallest absolute Gasteiger partial charge is 0.353 e. The van der Waals surface area contributed by atoms with Crippen molar-refractivity contribution in [2.45, 2.75) is 18.5 Å². The monoisotopic (exact) mass is 394 g/mol. The van der Waals surface area contributed by atoms with E-state index in [9.17, 15) is 14.4 Å². The van der Waals surface area contributed by atoms with Crippen LogP contribution in [0.1, 0.15) is 23.2 Å². The molecule has 5 rings (SSSR count). The molecule has 1 fully saturated rings. The summed E-state index contributed by atoms with van der Waals surface area (Å²) in [6.45, 7) is 0.830. The summed E-state index contributed by atoms with van der Waals surface area (Å²) in [7, 11) is 1.25. The van der Waals surface area contributed by atoms with Crippen molar-refractivity contribution in [2.75, 3.05) is 30.1 Å². The maximum Gasteiger partial charge on any atom is 0.353 e. The molecule has 2 amide bonds. The van der Waals surface area contributed by atoms with Crippen LogP contribution >= 0.6 is 0 Å². The Hall–Kier alpha value is -3.55. The van der Waals surface area contributed by atoms with E-state index >= 15 is 0 Å². The lowest BCUT2D eigenvalue weighted by Gasteiger charge is -2.48. The van der Waals surface area contributed by atoms with Crippen LogP contribution in [-0.2, 0) is 14.3 Å². The van der Waals surface area contributed by atoms with Crippen molar-refractivity contribution in [1.29, 1.82) is 0 Å². The van der Waals surface area contributed by atoms with Crippen LogP contribution in [0.15, 0.2) is 42.5 Å². The number of benzene rings is 2. The molecule has 8 heteroatoms. The van der Waals surface area contributed by atoms with E-state index in [2.05, 4.69) is 0 Å². The van der Waals surface area contributed by atoms with E-state index in [0.29, 0.717) is 41.7 Å². The molecule has 0 N–H and O–H groups in total. The Kier molecular flexibility index (Phi) is 3.77. The SMILES string of the molecule is COC(=O)[C@]12CCC(=O)N1c1ccccc1C(=O)N2c1ccc2c(c1)OCCO2. The number of carbonyl (C=O) groups excluding carboxylic acids is 3. The van der Waals surface area contributed by atoms with Gasteiger partial charge in [0.25, 0.3) is 5.91 Å². The van der Waals surface area contributed by atoms with Gasteiger partial charge in [-0.05, 0) is 24.3 Å². The van der Waals surface area contributed by atoms with Crippen LogP contribution in [0.3, 0.4) is 0 Å². The molecular formula is C21H18N2O6. The van der Waals surface area contributed by atoms with Crippen LogP contribution in [0, 0.1) is 0 Å². The number of hydrogen-bond acceptors (Lipinski definition) is 6. The summed E-state index contributed by atoms with van der Waals surface area (Å²) in [5.74, 6) is -0.236. The van der Waals surface area contributed by atoms with Crippen molar-refractivity contribution >= 4 is 29.2 Å². The second kappa shape index (κ2) is 6.23. The largest absolute Gasteiger partial charge is 0.486 e. The standard InChI is InChI=1S/C21H18N2O6/c1-27-20(26)21-9-8-18(24)23(21)15-5-3-2-4-14(15)19(25)22(21)13-6-7-16-17(12-13)29-11-10-28-16/h2-7,12H,8-11H2,1H3/t21-/m0/s1. The minimum absolute atomic E-state index is 0.123. The van der Waals surface area contributed by atoms with Gasteiger partial charge in [-0.3, -0.25) is 19.4 Å². The number of methoxy groups -OCH3 is 1. The van der Waals surface area contributed by atoms with Gasteiger partial charge in [0.15, 0.2) is 11.5 Å². The number of para-hydroxylation sites is 1. The third-order valence-corrected chi connectivity index (χ3v) is 5.55. The van der Waals surface area contributed by atoms with E-state index in [1.807, 2.05) is 0 Å². The first kappa shape index (κ1) is 17.5. The number of hydrogen-bond donors (Lipinski definition) is 0. The van der Waals surface area contributed by atoms with Crippen LogP contribution in [0.4, 0.5) is 11.4 Å². The van der Waals surface area contributed by atoms with Gasteiger partial charge in [0.05, 0.1) is 24.0 Å². The van der Waals surface area contributed by atoms with Crippen LogP contribution in [0.2, 0.25) is 0 Å². The minimum Gasteiger partial charge on any atom is -0.486 e. The van der Waals surface area contributed by atoms with Gasteiger partial charge in [-0.1, -0.05) is 12.1 Å². The third kappa shape index (κ3) is 2.28. The first-order chi connectivity index (χ1) is 14.1. The van der Waals surface area contributed by atoms with Gasteiger partial charge in [-0.25, -0.2) is 4.79 Å². The van der Waals surface area contributed by atoms with Crippen molar-refractivity contribution in [3.05, 3.63) is 48.0 Å². The number of amides is 2. The predicted octanol–water partition coefficient (Wildman–Crippen LogP) is 2.11. The Labute approximate surface area is 166 Å². The molecule has 2 aromatic rings. The lowest BCUT2D eigenvalue weighted by atomic mass is 9.95.